The van der Waals surface area contributed by atoms with E-state index in [2.05, 4.69) is 15.5 Å². The monoisotopic (exact) mass is 214 g/mol. The van der Waals surface area contributed by atoms with Crippen LogP contribution in [0.15, 0.2) is 4.42 Å². The van der Waals surface area contributed by atoms with Crippen LogP contribution in [0.4, 0.5) is 10.4 Å². The van der Waals surface area contributed by atoms with Gasteiger partial charge in [-0.2, -0.15) is 0 Å². The Morgan fingerprint density at radius 3 is 3.00 bits per heavy atom. The zero-order chi connectivity index (χ0) is 10.8. The van der Waals surface area contributed by atoms with Gasteiger partial charge in [0, 0.05) is 25.9 Å². The van der Waals surface area contributed by atoms with Gasteiger partial charge in [0.2, 0.25) is 5.89 Å². The van der Waals surface area contributed by atoms with Gasteiger partial charge in [-0.25, -0.2) is 4.39 Å². The maximum atomic E-state index is 13.3. The topological polar surface area (TPSA) is 54.2 Å². The smallest absolute Gasteiger partial charge is 0.318 e. The fraction of sp³-hybridized carbons (Fsp3) is 0.778. The summed E-state index contributed by atoms with van der Waals surface area (Å²) < 4.78 is 18.6. The van der Waals surface area contributed by atoms with Crippen LogP contribution in [0.3, 0.4) is 0 Å². The van der Waals surface area contributed by atoms with Gasteiger partial charge in [-0.05, 0) is 7.05 Å². The van der Waals surface area contributed by atoms with Gasteiger partial charge in [-0.15, -0.1) is 5.10 Å². The van der Waals surface area contributed by atoms with Crippen molar-refractivity contribution < 1.29 is 8.81 Å². The molecule has 0 radical (unpaired) electrons. The molecule has 1 aliphatic heterocycles. The number of rotatable bonds is 3. The lowest BCUT2D eigenvalue weighted by atomic mass is 10.2. The molecule has 5 nitrogen and oxygen atoms in total. The standard InChI is InChI=1S/C9H15FN4O/c1-6-12-13-9(15-6)14-5-7(10)3-8(14)4-11-2/h7-8,11H,3-5H2,1-2H3/t7-,8-/m1/s1. The molecule has 0 unspecified atom stereocenters. The molecule has 1 aromatic heterocycles. The Morgan fingerprint density at radius 2 is 2.40 bits per heavy atom. The van der Waals surface area contributed by atoms with E-state index < -0.39 is 6.17 Å². The largest absolute Gasteiger partial charge is 0.408 e. The maximum absolute atomic E-state index is 13.3. The average molecular weight is 214 g/mol. The zero-order valence-electron chi connectivity index (χ0n) is 8.90. The number of aromatic nitrogens is 2. The Hall–Kier alpha value is -1.17. The summed E-state index contributed by atoms with van der Waals surface area (Å²) in [4.78, 5) is 1.83. The van der Waals surface area contributed by atoms with E-state index in [-0.39, 0.29) is 6.04 Å². The van der Waals surface area contributed by atoms with Gasteiger partial charge in [0.15, 0.2) is 0 Å². The summed E-state index contributed by atoms with van der Waals surface area (Å²) in [6.07, 6.45) is -0.294. The Labute approximate surface area is 87.7 Å². The third-order valence-electron chi connectivity index (χ3n) is 2.56. The lowest BCUT2D eigenvalue weighted by molar-refractivity contribution is 0.355. The highest BCUT2D eigenvalue weighted by Gasteiger charge is 2.34. The summed E-state index contributed by atoms with van der Waals surface area (Å²) in [5.41, 5.74) is 0. The van der Waals surface area contributed by atoms with E-state index in [1.54, 1.807) is 6.92 Å². The molecule has 1 saturated heterocycles. The van der Waals surface area contributed by atoms with Crippen molar-refractivity contribution in [2.24, 2.45) is 0 Å². The van der Waals surface area contributed by atoms with Gasteiger partial charge in [0.25, 0.3) is 0 Å². The number of likely N-dealkylation sites (N-methyl/N-ethyl adjacent to an activating group) is 1. The molecule has 0 amide bonds. The van der Waals surface area contributed by atoms with Gasteiger partial charge in [-0.1, -0.05) is 5.10 Å². The van der Waals surface area contributed by atoms with E-state index in [0.717, 1.165) is 6.54 Å². The molecule has 1 aromatic rings. The van der Waals surface area contributed by atoms with Crippen LogP contribution in [0.1, 0.15) is 12.3 Å². The maximum Gasteiger partial charge on any atom is 0.318 e. The van der Waals surface area contributed by atoms with Gasteiger partial charge >= 0.3 is 6.01 Å². The lowest BCUT2D eigenvalue weighted by Gasteiger charge is -2.21. The Bertz CT molecular complexity index is 330. The van der Waals surface area contributed by atoms with Crippen LogP contribution >= 0.6 is 0 Å². The summed E-state index contributed by atoms with van der Waals surface area (Å²) in [6, 6.07) is 0.526. The number of aryl methyl sites for hydroxylation is 1. The summed E-state index contributed by atoms with van der Waals surface area (Å²) in [6.45, 7) is 2.79. The number of hydrogen-bond donors (Lipinski definition) is 1. The number of alkyl halides is 1. The summed E-state index contributed by atoms with van der Waals surface area (Å²) in [5.74, 6) is 0.510. The molecule has 2 atom stereocenters. The van der Waals surface area contributed by atoms with Crippen molar-refractivity contribution in [2.45, 2.75) is 25.6 Å². The Kier molecular flexibility index (Phi) is 2.86. The number of nitrogens with zero attached hydrogens (tertiary/aromatic N) is 3. The number of halogens is 1. The molecule has 0 saturated carbocycles. The predicted molar refractivity (Wildman–Crippen MR) is 53.6 cm³/mol. The number of nitrogens with one attached hydrogen (secondary N) is 1. The van der Waals surface area contributed by atoms with Crippen LogP contribution < -0.4 is 10.2 Å². The van der Waals surface area contributed by atoms with Crippen molar-refractivity contribution in [2.75, 3.05) is 25.0 Å². The first-order valence-electron chi connectivity index (χ1n) is 5.06. The first-order chi connectivity index (χ1) is 7.20. The Balaban J connectivity index is 2.12. The van der Waals surface area contributed by atoms with Crippen molar-refractivity contribution >= 4 is 6.01 Å². The van der Waals surface area contributed by atoms with Crippen molar-refractivity contribution in [3.8, 4) is 0 Å². The molecule has 1 N–H and O–H groups in total. The SMILES string of the molecule is CNC[C@H]1C[C@@H](F)CN1c1nnc(C)o1. The third-order valence-corrected chi connectivity index (χ3v) is 2.56. The third kappa shape index (κ3) is 2.09. The van der Waals surface area contributed by atoms with Crippen molar-refractivity contribution in [1.29, 1.82) is 0 Å². The lowest BCUT2D eigenvalue weighted by Crippen LogP contribution is -2.37. The second kappa shape index (κ2) is 4.14. The minimum absolute atomic E-state index is 0.102. The summed E-state index contributed by atoms with van der Waals surface area (Å²) >= 11 is 0. The van der Waals surface area contributed by atoms with Crippen LogP contribution in [-0.2, 0) is 0 Å². The highest BCUT2D eigenvalue weighted by molar-refractivity contribution is 5.30. The average Bonchev–Trinajstić information content (AvgIpc) is 2.73. The molecular formula is C9H15FN4O. The van der Waals surface area contributed by atoms with Gasteiger partial charge < -0.3 is 14.6 Å². The van der Waals surface area contributed by atoms with E-state index in [4.69, 9.17) is 4.42 Å². The molecule has 2 heterocycles. The van der Waals surface area contributed by atoms with Crippen LogP contribution in [0.25, 0.3) is 0 Å². The van der Waals surface area contributed by atoms with Crippen molar-refractivity contribution in [1.82, 2.24) is 15.5 Å². The molecule has 1 aliphatic rings. The molecule has 15 heavy (non-hydrogen) atoms. The summed E-state index contributed by atoms with van der Waals surface area (Å²) in [7, 11) is 1.85. The molecule has 84 valence electrons. The molecule has 0 bridgehead atoms. The van der Waals surface area contributed by atoms with E-state index in [1.165, 1.54) is 0 Å². The van der Waals surface area contributed by atoms with Crippen LogP contribution in [0.5, 0.6) is 0 Å². The minimum atomic E-state index is -0.810. The highest BCUT2D eigenvalue weighted by Crippen LogP contribution is 2.25. The molecule has 0 aromatic carbocycles. The van der Waals surface area contributed by atoms with Crippen molar-refractivity contribution in [3.05, 3.63) is 5.89 Å². The minimum Gasteiger partial charge on any atom is -0.408 e. The van der Waals surface area contributed by atoms with Crippen LogP contribution in [-0.4, -0.2) is 42.5 Å². The molecule has 1 fully saturated rings. The van der Waals surface area contributed by atoms with Crippen LogP contribution in [0.2, 0.25) is 0 Å². The number of anilines is 1. The first kappa shape index (κ1) is 10.4. The van der Waals surface area contributed by atoms with Gasteiger partial charge in [0.05, 0.1) is 6.54 Å². The number of hydrogen-bond acceptors (Lipinski definition) is 5. The second-order valence-electron chi connectivity index (χ2n) is 3.80. The van der Waals surface area contributed by atoms with E-state index in [1.807, 2.05) is 11.9 Å². The van der Waals surface area contributed by atoms with E-state index in [0.29, 0.717) is 24.9 Å². The molecule has 6 heteroatoms. The fourth-order valence-corrected chi connectivity index (χ4v) is 1.93. The normalized spacial score (nSPS) is 26.2. The van der Waals surface area contributed by atoms with E-state index in [9.17, 15) is 4.39 Å². The summed E-state index contributed by atoms with van der Waals surface area (Å²) in [5, 5.41) is 10.7. The Morgan fingerprint density at radius 1 is 1.60 bits per heavy atom. The molecule has 0 spiro atoms. The van der Waals surface area contributed by atoms with Crippen LogP contribution in [0, 0.1) is 6.92 Å². The quantitative estimate of drug-likeness (QED) is 0.794. The highest BCUT2D eigenvalue weighted by atomic mass is 19.1. The second-order valence-corrected chi connectivity index (χ2v) is 3.80. The molecular weight excluding hydrogens is 199 g/mol. The predicted octanol–water partition coefficient (Wildman–Crippen LogP) is 0.514. The van der Waals surface area contributed by atoms with E-state index >= 15 is 0 Å². The van der Waals surface area contributed by atoms with Gasteiger partial charge in [0.1, 0.15) is 6.17 Å². The fourth-order valence-electron chi connectivity index (χ4n) is 1.93. The van der Waals surface area contributed by atoms with Gasteiger partial charge in [-0.3, -0.25) is 0 Å². The molecule has 0 aliphatic carbocycles. The van der Waals surface area contributed by atoms with Crippen molar-refractivity contribution in [3.63, 3.8) is 0 Å². The molecule has 2 rings (SSSR count). The zero-order valence-corrected chi connectivity index (χ0v) is 8.90. The first-order valence-corrected chi connectivity index (χ1v) is 5.06.